The molecule has 0 aromatic carbocycles. The first-order valence-corrected chi connectivity index (χ1v) is 4.30. The van der Waals surface area contributed by atoms with Crippen LogP contribution in [0.1, 0.15) is 0 Å². The summed E-state index contributed by atoms with van der Waals surface area (Å²) in [6.45, 7) is 0. The van der Waals surface area contributed by atoms with Crippen LogP contribution in [0.4, 0.5) is 0 Å². The molecule has 0 aliphatic rings. The van der Waals surface area contributed by atoms with Crippen LogP contribution >= 0.6 is 7.82 Å². The van der Waals surface area contributed by atoms with Gasteiger partial charge in [-0.15, -0.1) is 0 Å². The van der Waals surface area contributed by atoms with E-state index in [0.29, 0.717) is 0 Å². The molecule has 19 heavy (non-hydrogen) atoms. The summed E-state index contributed by atoms with van der Waals surface area (Å²) in [5.41, 5.74) is 0. The molecule has 0 saturated heterocycles. The molecular weight excluding hydrogens is 366 g/mol. The second-order valence-corrected chi connectivity index (χ2v) is 2.70. The van der Waals surface area contributed by atoms with Crippen molar-refractivity contribution in [1.29, 1.82) is 0 Å². The molecule has 0 unspecified atom stereocenters. The third-order valence-electron chi connectivity index (χ3n) is 0. The van der Waals surface area contributed by atoms with E-state index in [1.54, 1.807) is 0 Å². The first-order valence-electron chi connectivity index (χ1n) is 1.43. The topological polar surface area (TPSA) is 381 Å². The maximum atomic E-state index is 8.77. The van der Waals surface area contributed by atoms with Gasteiger partial charge in [0.05, 0.1) is 0 Å². The Morgan fingerprint density at radius 2 is 0.789 bits per heavy atom. The summed E-state index contributed by atoms with van der Waals surface area (Å²) in [5, 5.41) is 0. The van der Waals surface area contributed by atoms with Crippen molar-refractivity contribution in [1.82, 2.24) is 0 Å². The van der Waals surface area contributed by atoms with Crippen LogP contribution in [-0.4, -0.2) is 88.7 Å². The van der Waals surface area contributed by atoms with Crippen molar-refractivity contribution in [2.24, 2.45) is 0 Å². The number of hydrogen-bond donors (Lipinski definition) is 2. The zero-order valence-corrected chi connectivity index (χ0v) is 15.7. The molecule has 0 amide bonds. The van der Waals surface area contributed by atoms with Gasteiger partial charge in [-0.3, -0.25) is 13.0 Å². The molecule has 120 valence electrons. The summed E-state index contributed by atoms with van der Waals surface area (Å²) in [5.74, 6) is 0. The summed E-state index contributed by atoms with van der Waals surface area (Å²) in [7, 11) is -10.1. The van der Waals surface area contributed by atoms with E-state index >= 15 is 0 Å². The van der Waals surface area contributed by atoms with Gasteiger partial charge >= 0.3 is 74.4 Å². The minimum Gasteiger partial charge on any atom is -0.759 e. The molecule has 0 radical (unpaired) electrons. The van der Waals surface area contributed by atoms with Gasteiger partial charge < -0.3 is 62.1 Å². The van der Waals surface area contributed by atoms with Gasteiger partial charge in [-0.25, -0.2) is 0 Å². The summed E-state index contributed by atoms with van der Waals surface area (Å²) < 4.78 is 42.9. The maximum absolute atomic E-state index is 8.77. The molecule has 0 rings (SSSR count). The molecular formula is H16KMgO15PS. The van der Waals surface area contributed by atoms with Crippen LogP contribution in [0.15, 0.2) is 0 Å². The Morgan fingerprint density at radius 3 is 0.789 bits per heavy atom. The summed E-state index contributed by atoms with van der Waals surface area (Å²) in [6, 6.07) is 0. The van der Waals surface area contributed by atoms with E-state index in [1.165, 1.54) is 0 Å². The van der Waals surface area contributed by atoms with E-state index in [4.69, 9.17) is 36.8 Å². The van der Waals surface area contributed by atoms with Gasteiger partial charge in [0.25, 0.3) is 7.82 Å². The fourth-order valence-electron chi connectivity index (χ4n) is 0. The Balaban J connectivity index is -0.00000000508. The Kier molecular flexibility index (Phi) is 162. The van der Waals surface area contributed by atoms with Crippen molar-refractivity contribution in [3.8, 4) is 0 Å². The average molecular weight is 383 g/mol. The molecule has 19 heteroatoms. The first kappa shape index (κ1) is 83.6. The number of hydrogen-bond acceptors (Lipinski definition) is 6. The summed E-state index contributed by atoms with van der Waals surface area (Å²) in [4.78, 5) is 22.9. The van der Waals surface area contributed by atoms with Gasteiger partial charge in [0, 0.05) is 10.4 Å². The van der Waals surface area contributed by atoms with Crippen LogP contribution < -0.4 is 56.3 Å². The number of rotatable bonds is 0. The van der Waals surface area contributed by atoms with Gasteiger partial charge in [0.1, 0.15) is 0 Å². The molecule has 0 spiro atoms. The third-order valence-corrected chi connectivity index (χ3v) is 0. The molecule has 15 nitrogen and oxygen atoms in total. The largest absolute Gasteiger partial charge is 2.00 e. The minimum absolute atomic E-state index is 0. The van der Waals surface area contributed by atoms with Crippen molar-refractivity contribution in [3.63, 3.8) is 0 Å². The van der Waals surface area contributed by atoms with Crippen LogP contribution in [0.5, 0.6) is 0 Å². The van der Waals surface area contributed by atoms with E-state index in [9.17, 15) is 0 Å². The van der Waals surface area contributed by atoms with E-state index < -0.39 is 18.2 Å². The summed E-state index contributed by atoms with van der Waals surface area (Å²) in [6.07, 6.45) is 0. The second-order valence-electron chi connectivity index (χ2n) is 0.899. The molecule has 16 N–H and O–H groups in total. The van der Waals surface area contributed by atoms with E-state index in [-0.39, 0.29) is 113 Å². The van der Waals surface area contributed by atoms with E-state index in [0.717, 1.165) is 0 Å². The SMILES string of the molecule is O.O.O.O.O.O.O.O=P([O-])(O)O.O=S(=O)([O-])[O-].[K+].[Mg+2]. The molecule has 0 aromatic rings. The molecule has 0 aliphatic heterocycles. The van der Waals surface area contributed by atoms with Gasteiger partial charge in [0.2, 0.25) is 0 Å². The van der Waals surface area contributed by atoms with Gasteiger partial charge in [-0.2, -0.15) is 0 Å². The maximum Gasteiger partial charge on any atom is 2.00 e. The van der Waals surface area contributed by atoms with Crippen LogP contribution in [-0.2, 0) is 15.0 Å². The molecule has 0 fully saturated rings. The average Bonchev–Trinajstić information content (AvgIpc) is 1.12. The Hall–Kier alpha value is 2.10. The zero-order chi connectivity index (χ0) is 9.00. The van der Waals surface area contributed by atoms with Crippen molar-refractivity contribution in [3.05, 3.63) is 0 Å². The molecule has 0 aromatic heterocycles. The molecule has 0 atom stereocenters. The quantitative estimate of drug-likeness (QED) is 0.174. The minimum atomic E-state index is -5.17. The van der Waals surface area contributed by atoms with Crippen molar-refractivity contribution < 1.29 is 126 Å². The first-order chi connectivity index (χ1) is 4.00. The van der Waals surface area contributed by atoms with Crippen molar-refractivity contribution in [2.75, 3.05) is 0 Å². The van der Waals surface area contributed by atoms with Crippen LogP contribution in [0.2, 0.25) is 0 Å². The monoisotopic (exact) mass is 382 g/mol. The predicted molar refractivity (Wildman–Crippen MR) is 53.6 cm³/mol. The van der Waals surface area contributed by atoms with Crippen molar-refractivity contribution in [2.45, 2.75) is 0 Å². The van der Waals surface area contributed by atoms with Gasteiger partial charge in [-0.1, -0.05) is 0 Å². The number of phosphoric acid groups is 1. The van der Waals surface area contributed by atoms with E-state index in [1.807, 2.05) is 0 Å². The third kappa shape index (κ3) is 1490. The fraction of sp³-hybridized carbons (Fsp3) is 0. The normalized spacial score (nSPS) is 6.16. The fourth-order valence-corrected chi connectivity index (χ4v) is 0. The standard InChI is InChI=1S/K.Mg.H3O4P.H2O4S.7H2O/c;;2*1-5(2,3)4;;;;;;;/h;;(H3,1,2,3,4);(H2,1,2,3,4);7*1H2/q+1;+2;;;;;;;;;/p-3. The zero-order valence-electron chi connectivity index (χ0n) is 9.41. The van der Waals surface area contributed by atoms with Crippen LogP contribution in [0.25, 0.3) is 0 Å². The Labute approximate surface area is 166 Å². The van der Waals surface area contributed by atoms with Gasteiger partial charge in [0.15, 0.2) is 0 Å². The molecule has 0 heterocycles. The molecule has 0 bridgehead atoms. The second kappa shape index (κ2) is 36.9. The van der Waals surface area contributed by atoms with E-state index in [2.05, 4.69) is 0 Å². The molecule has 0 aliphatic carbocycles. The van der Waals surface area contributed by atoms with Crippen LogP contribution in [0, 0.1) is 0 Å². The van der Waals surface area contributed by atoms with Crippen molar-refractivity contribution >= 4 is 41.3 Å². The smallest absolute Gasteiger partial charge is 0.759 e. The molecule has 0 saturated carbocycles. The van der Waals surface area contributed by atoms with Gasteiger partial charge in [-0.05, 0) is 0 Å². The Bertz CT molecular complexity index is 200. The Morgan fingerprint density at radius 1 is 0.789 bits per heavy atom. The van der Waals surface area contributed by atoms with Crippen LogP contribution in [0.3, 0.4) is 0 Å². The summed E-state index contributed by atoms with van der Waals surface area (Å²) >= 11 is 0. The predicted octanol–water partition coefficient (Wildman–Crippen LogP) is -12.0.